The number of hydrogen-bond acceptors (Lipinski definition) is 2. The lowest BCUT2D eigenvalue weighted by atomic mass is 9.75. The molecule has 1 atom stereocenters. The van der Waals surface area contributed by atoms with Crippen molar-refractivity contribution in [2.75, 3.05) is 11.4 Å². The Morgan fingerprint density at radius 2 is 1.70 bits per heavy atom. The number of nitrogens with zero attached hydrogens (tertiary/aromatic N) is 1. The summed E-state index contributed by atoms with van der Waals surface area (Å²) in [6.45, 7) is 4.82. The van der Waals surface area contributed by atoms with Crippen LogP contribution < -0.4 is 10.2 Å². The first-order chi connectivity index (χ1) is 13.0. The summed E-state index contributed by atoms with van der Waals surface area (Å²) in [5.41, 5.74) is 2.79. The predicted molar refractivity (Wildman–Crippen MR) is 111 cm³/mol. The first-order valence-corrected chi connectivity index (χ1v) is 9.38. The number of benzene rings is 3. The van der Waals surface area contributed by atoms with Crippen molar-refractivity contribution in [2.45, 2.75) is 24.9 Å². The van der Waals surface area contributed by atoms with Gasteiger partial charge in [0.15, 0.2) is 0 Å². The summed E-state index contributed by atoms with van der Waals surface area (Å²) in [5.74, 6) is 0.0696. The third-order valence-corrected chi connectivity index (χ3v) is 6.21. The number of fused-ring (bicyclic) bond motifs is 4. The number of carbonyl (C=O) groups excluding carboxylic acids is 1. The SMILES string of the molecule is CC1(C)c2ccccc2N2CC(=O)N[C@@]21/C=C\c1cccc2ccccc12. The molecule has 2 aliphatic rings. The van der Waals surface area contributed by atoms with Gasteiger partial charge in [-0.1, -0.05) is 80.6 Å². The number of rotatable bonds is 2. The van der Waals surface area contributed by atoms with Crippen molar-refractivity contribution < 1.29 is 4.79 Å². The monoisotopic (exact) mass is 354 g/mol. The second kappa shape index (κ2) is 5.46. The van der Waals surface area contributed by atoms with Crippen LogP contribution in [-0.4, -0.2) is 18.1 Å². The van der Waals surface area contributed by atoms with E-state index >= 15 is 0 Å². The second-order valence-corrected chi connectivity index (χ2v) is 7.94. The molecular weight excluding hydrogens is 332 g/mol. The lowest BCUT2D eigenvalue weighted by Crippen LogP contribution is -2.58. The van der Waals surface area contributed by atoms with E-state index in [0.717, 1.165) is 11.3 Å². The highest BCUT2D eigenvalue weighted by Gasteiger charge is 2.59. The maximum Gasteiger partial charge on any atom is 0.241 e. The number of carbonyl (C=O) groups is 1. The molecule has 3 aromatic rings. The van der Waals surface area contributed by atoms with Gasteiger partial charge in [-0.15, -0.1) is 0 Å². The van der Waals surface area contributed by atoms with E-state index in [1.54, 1.807) is 0 Å². The van der Waals surface area contributed by atoms with Crippen LogP contribution in [0.15, 0.2) is 72.8 Å². The molecule has 0 saturated carbocycles. The quantitative estimate of drug-likeness (QED) is 0.736. The van der Waals surface area contributed by atoms with Crippen LogP contribution in [0.3, 0.4) is 0 Å². The van der Waals surface area contributed by atoms with E-state index in [0.29, 0.717) is 6.54 Å². The third kappa shape index (κ3) is 2.11. The summed E-state index contributed by atoms with van der Waals surface area (Å²) in [6, 6.07) is 23.2. The van der Waals surface area contributed by atoms with Crippen LogP contribution in [0.1, 0.15) is 25.0 Å². The van der Waals surface area contributed by atoms with Gasteiger partial charge in [0.05, 0.1) is 6.54 Å². The molecule has 2 aliphatic heterocycles. The smallest absolute Gasteiger partial charge is 0.241 e. The van der Waals surface area contributed by atoms with E-state index in [4.69, 9.17) is 0 Å². The van der Waals surface area contributed by atoms with Crippen LogP contribution >= 0.6 is 0 Å². The van der Waals surface area contributed by atoms with Gasteiger partial charge in [0.1, 0.15) is 5.66 Å². The first kappa shape index (κ1) is 16.1. The fourth-order valence-corrected chi connectivity index (χ4v) is 4.75. The van der Waals surface area contributed by atoms with Crippen LogP contribution in [-0.2, 0) is 10.2 Å². The maximum absolute atomic E-state index is 12.4. The van der Waals surface area contributed by atoms with Crippen molar-refractivity contribution >= 4 is 28.4 Å². The molecule has 0 aliphatic carbocycles. The van der Waals surface area contributed by atoms with Gasteiger partial charge in [0.25, 0.3) is 0 Å². The zero-order valence-electron chi connectivity index (χ0n) is 15.6. The van der Waals surface area contributed by atoms with E-state index in [1.807, 2.05) is 6.07 Å². The van der Waals surface area contributed by atoms with Gasteiger partial charge >= 0.3 is 0 Å². The Morgan fingerprint density at radius 1 is 0.963 bits per heavy atom. The minimum Gasteiger partial charge on any atom is -0.335 e. The molecule has 2 heterocycles. The van der Waals surface area contributed by atoms with Crippen LogP contribution in [0, 0.1) is 0 Å². The van der Waals surface area contributed by atoms with E-state index in [1.165, 1.54) is 16.3 Å². The van der Waals surface area contributed by atoms with E-state index in [-0.39, 0.29) is 11.3 Å². The highest BCUT2D eigenvalue weighted by atomic mass is 16.2. The van der Waals surface area contributed by atoms with Crippen LogP contribution in [0.4, 0.5) is 5.69 Å². The zero-order valence-corrected chi connectivity index (χ0v) is 15.6. The first-order valence-electron chi connectivity index (χ1n) is 9.38. The Kier molecular flexibility index (Phi) is 3.26. The van der Waals surface area contributed by atoms with E-state index < -0.39 is 5.66 Å². The molecule has 0 radical (unpaired) electrons. The van der Waals surface area contributed by atoms with Crippen molar-refractivity contribution in [2.24, 2.45) is 0 Å². The maximum atomic E-state index is 12.4. The summed E-state index contributed by atoms with van der Waals surface area (Å²) >= 11 is 0. The van der Waals surface area contributed by atoms with Gasteiger partial charge in [0, 0.05) is 11.1 Å². The fraction of sp³-hybridized carbons (Fsp3) is 0.208. The Balaban J connectivity index is 1.67. The van der Waals surface area contributed by atoms with E-state index in [2.05, 4.69) is 96.9 Å². The van der Waals surface area contributed by atoms with Crippen molar-refractivity contribution in [3.05, 3.63) is 83.9 Å². The lowest BCUT2D eigenvalue weighted by Gasteiger charge is -2.40. The number of amides is 1. The van der Waals surface area contributed by atoms with Crippen molar-refractivity contribution in [3.8, 4) is 0 Å². The van der Waals surface area contributed by atoms with Crippen molar-refractivity contribution in [3.63, 3.8) is 0 Å². The molecule has 3 heteroatoms. The molecule has 1 fully saturated rings. The Hall–Kier alpha value is -3.07. The predicted octanol–water partition coefficient (Wildman–Crippen LogP) is 4.48. The minimum atomic E-state index is -0.551. The average molecular weight is 354 g/mol. The molecule has 0 aromatic heterocycles. The molecule has 27 heavy (non-hydrogen) atoms. The van der Waals surface area contributed by atoms with Gasteiger partial charge in [-0.3, -0.25) is 4.79 Å². The summed E-state index contributed by atoms with van der Waals surface area (Å²) in [6.07, 6.45) is 4.34. The van der Waals surface area contributed by atoms with Crippen LogP contribution in [0.25, 0.3) is 16.8 Å². The van der Waals surface area contributed by atoms with E-state index in [9.17, 15) is 4.79 Å². The number of para-hydroxylation sites is 1. The molecule has 0 bridgehead atoms. The second-order valence-electron chi connectivity index (χ2n) is 7.94. The number of anilines is 1. The van der Waals surface area contributed by atoms with Crippen LogP contribution in [0.2, 0.25) is 0 Å². The van der Waals surface area contributed by atoms with Gasteiger partial charge in [0.2, 0.25) is 5.91 Å². The summed E-state index contributed by atoms with van der Waals surface area (Å²) in [7, 11) is 0. The van der Waals surface area contributed by atoms with Crippen molar-refractivity contribution in [1.29, 1.82) is 0 Å². The fourth-order valence-electron chi connectivity index (χ4n) is 4.75. The molecule has 5 rings (SSSR count). The molecule has 0 unspecified atom stereocenters. The topological polar surface area (TPSA) is 32.3 Å². The molecule has 0 spiro atoms. The molecule has 1 amide bonds. The van der Waals surface area contributed by atoms with Gasteiger partial charge in [-0.05, 0) is 34.0 Å². The van der Waals surface area contributed by atoms with Gasteiger partial charge in [-0.25, -0.2) is 0 Å². The highest BCUT2D eigenvalue weighted by Crippen LogP contribution is 2.52. The number of nitrogens with one attached hydrogen (secondary N) is 1. The van der Waals surface area contributed by atoms with Crippen molar-refractivity contribution in [1.82, 2.24) is 5.32 Å². The lowest BCUT2D eigenvalue weighted by molar-refractivity contribution is -0.118. The standard InChI is InChI=1S/C24H22N2O/c1-23(2)20-12-5-6-13-21(20)26-16-22(27)25-24(23,26)15-14-18-10-7-9-17-8-3-4-11-19(17)18/h3-15H,16H2,1-2H3,(H,25,27)/b15-14-/t24-/m0/s1. The Bertz CT molecular complexity index is 1090. The summed E-state index contributed by atoms with van der Waals surface area (Å²) < 4.78 is 0. The summed E-state index contributed by atoms with van der Waals surface area (Å²) in [4.78, 5) is 14.6. The highest BCUT2D eigenvalue weighted by molar-refractivity contribution is 5.93. The average Bonchev–Trinajstić information content (AvgIpc) is 3.11. The molecular formula is C24H22N2O. The third-order valence-electron chi connectivity index (χ3n) is 6.21. The normalized spacial score (nSPS) is 22.9. The van der Waals surface area contributed by atoms with Gasteiger partial charge < -0.3 is 10.2 Å². The molecule has 134 valence electrons. The largest absolute Gasteiger partial charge is 0.335 e. The van der Waals surface area contributed by atoms with Gasteiger partial charge in [-0.2, -0.15) is 0 Å². The summed E-state index contributed by atoms with van der Waals surface area (Å²) in [5, 5.41) is 5.73. The number of hydrogen-bond donors (Lipinski definition) is 1. The molecule has 3 aromatic carbocycles. The molecule has 1 N–H and O–H groups in total. The minimum absolute atomic E-state index is 0.0696. The molecule has 3 nitrogen and oxygen atoms in total. The molecule has 1 saturated heterocycles. The van der Waals surface area contributed by atoms with Crippen LogP contribution in [0.5, 0.6) is 0 Å². The Morgan fingerprint density at radius 3 is 2.59 bits per heavy atom. The Labute approximate surface area is 159 Å². The zero-order chi connectivity index (χ0) is 18.6.